The van der Waals surface area contributed by atoms with Crippen molar-refractivity contribution in [2.75, 3.05) is 19.3 Å². The van der Waals surface area contributed by atoms with E-state index in [4.69, 9.17) is 21.5 Å². The normalized spacial score (nSPS) is 15.0. The number of benzene rings is 2. The van der Waals surface area contributed by atoms with E-state index in [1.807, 2.05) is 0 Å². The number of hydrogen-bond acceptors (Lipinski definition) is 7. The Morgan fingerprint density at radius 1 is 1.09 bits per heavy atom. The first-order chi connectivity index (χ1) is 20.1. The molecule has 10 nitrogen and oxygen atoms in total. The Morgan fingerprint density at radius 3 is 2.20 bits per heavy atom. The van der Waals surface area contributed by atoms with Crippen LogP contribution in [0.25, 0.3) is 10.9 Å². The van der Waals surface area contributed by atoms with Crippen LogP contribution in [0.1, 0.15) is 40.5 Å². The van der Waals surface area contributed by atoms with E-state index in [0.29, 0.717) is 54.6 Å². The van der Waals surface area contributed by atoms with Gasteiger partial charge in [-0.1, -0.05) is 11.6 Å². The van der Waals surface area contributed by atoms with Crippen LogP contribution in [0.2, 0.25) is 5.02 Å². The van der Waals surface area contributed by atoms with Gasteiger partial charge in [-0.15, -0.1) is 13.2 Å². The molecule has 1 fully saturated rings. The van der Waals surface area contributed by atoms with Gasteiger partial charge in [-0.25, -0.2) is 22.3 Å². The molecule has 242 valence electrons. The Morgan fingerprint density at radius 2 is 1.68 bits per heavy atom. The van der Waals surface area contributed by atoms with Crippen molar-refractivity contribution >= 4 is 44.4 Å². The lowest BCUT2D eigenvalue weighted by Gasteiger charge is -2.32. The summed E-state index contributed by atoms with van der Waals surface area (Å²) in [6, 6.07) is 6.38. The number of likely N-dealkylation sites (tertiary alicyclic amines) is 1. The Bertz CT molecular complexity index is 1650. The van der Waals surface area contributed by atoms with Crippen molar-refractivity contribution in [3.8, 4) is 5.75 Å². The SMILES string of the molecule is Cc1nn(C2CCN(Cc3cc(Cl)cc(OC(F)(F)F)c3)CC2)c2cc(F)c(C(=O)NS(C)(=O)=O)cc12.O=C(O)C(F)(F)F. The van der Waals surface area contributed by atoms with E-state index >= 15 is 0 Å². The molecule has 0 saturated carbocycles. The average molecular weight is 677 g/mol. The van der Waals surface area contributed by atoms with Crippen LogP contribution < -0.4 is 9.46 Å². The third-order valence-corrected chi connectivity index (χ3v) is 6.99. The van der Waals surface area contributed by atoms with Crippen LogP contribution in [-0.4, -0.2) is 72.0 Å². The van der Waals surface area contributed by atoms with Crippen LogP contribution in [0.15, 0.2) is 30.3 Å². The molecule has 0 aliphatic carbocycles. The number of rotatable bonds is 6. The van der Waals surface area contributed by atoms with Gasteiger partial charge < -0.3 is 9.84 Å². The zero-order valence-electron chi connectivity index (χ0n) is 22.8. The summed E-state index contributed by atoms with van der Waals surface area (Å²) in [4.78, 5) is 23.2. The number of aryl methyl sites for hydroxylation is 1. The molecule has 2 aromatic carbocycles. The fourth-order valence-electron chi connectivity index (χ4n) is 4.47. The van der Waals surface area contributed by atoms with Gasteiger partial charge in [-0.2, -0.15) is 18.3 Å². The summed E-state index contributed by atoms with van der Waals surface area (Å²) in [5.41, 5.74) is 1.22. The molecule has 1 aliphatic rings. The monoisotopic (exact) mass is 676 g/mol. The molecule has 19 heteroatoms. The Hall–Kier alpha value is -3.64. The minimum Gasteiger partial charge on any atom is -0.475 e. The second kappa shape index (κ2) is 13.2. The van der Waals surface area contributed by atoms with E-state index in [-0.39, 0.29) is 16.8 Å². The number of fused-ring (bicyclic) bond motifs is 1. The second-order valence-electron chi connectivity index (χ2n) is 9.74. The van der Waals surface area contributed by atoms with Crippen LogP contribution in [0, 0.1) is 12.7 Å². The summed E-state index contributed by atoms with van der Waals surface area (Å²) >= 11 is 5.97. The van der Waals surface area contributed by atoms with Crippen molar-refractivity contribution in [1.29, 1.82) is 0 Å². The summed E-state index contributed by atoms with van der Waals surface area (Å²) in [5, 5.41) is 12.3. The highest BCUT2D eigenvalue weighted by atomic mass is 35.5. The number of carboxylic acids is 1. The lowest BCUT2D eigenvalue weighted by Crippen LogP contribution is -2.34. The van der Waals surface area contributed by atoms with Gasteiger partial charge in [0.1, 0.15) is 11.6 Å². The third kappa shape index (κ3) is 9.68. The van der Waals surface area contributed by atoms with Crippen molar-refractivity contribution in [1.82, 2.24) is 19.4 Å². The largest absolute Gasteiger partial charge is 0.573 e. The molecular weight excluding hydrogens is 653 g/mol. The third-order valence-electron chi connectivity index (χ3n) is 6.22. The number of carbonyl (C=O) groups is 2. The van der Waals surface area contributed by atoms with Gasteiger partial charge in [0.15, 0.2) is 0 Å². The minimum atomic E-state index is -5.08. The number of aliphatic carboxylic acids is 1. The Balaban J connectivity index is 0.000000676. The smallest absolute Gasteiger partial charge is 0.475 e. The molecule has 0 unspecified atom stereocenters. The number of sulfonamides is 1. The standard InChI is InChI=1S/C23H23ClF4N4O4S.C2HF3O2/c1-13-18-10-19(22(33)30-37(2,34)35)20(25)11-21(18)32(29-13)16-3-5-31(6-4-16)12-14-7-15(24)9-17(8-14)36-23(26,27)28;3-2(4,5)1(6)7/h7-11,16H,3-6,12H2,1-2H3,(H,30,33);(H,6,7). The van der Waals surface area contributed by atoms with Crippen molar-refractivity contribution < 1.29 is 58.6 Å². The van der Waals surface area contributed by atoms with Crippen molar-refractivity contribution in [3.05, 3.63) is 58.0 Å². The molecule has 44 heavy (non-hydrogen) atoms. The molecule has 1 amide bonds. The number of nitrogens with one attached hydrogen (secondary N) is 1. The maximum Gasteiger partial charge on any atom is 0.573 e. The summed E-state index contributed by atoms with van der Waals surface area (Å²) in [6.45, 7) is 3.28. The van der Waals surface area contributed by atoms with E-state index < -0.39 is 45.8 Å². The number of piperidine rings is 1. The highest BCUT2D eigenvalue weighted by molar-refractivity contribution is 7.89. The average Bonchev–Trinajstić information content (AvgIpc) is 3.16. The van der Waals surface area contributed by atoms with Crippen LogP contribution in [-0.2, 0) is 21.4 Å². The first-order valence-corrected chi connectivity index (χ1v) is 14.7. The highest BCUT2D eigenvalue weighted by Crippen LogP contribution is 2.32. The van der Waals surface area contributed by atoms with Crippen molar-refractivity contribution in [2.24, 2.45) is 0 Å². The van der Waals surface area contributed by atoms with Crippen molar-refractivity contribution in [2.45, 2.75) is 44.9 Å². The number of halogens is 8. The van der Waals surface area contributed by atoms with Gasteiger partial charge in [-0.05, 0) is 49.6 Å². The maximum atomic E-state index is 14.8. The molecule has 0 radical (unpaired) electrons. The molecule has 3 aromatic rings. The molecule has 1 saturated heterocycles. The first-order valence-electron chi connectivity index (χ1n) is 12.4. The minimum absolute atomic E-state index is 0.0777. The number of alkyl halides is 6. The number of hydrogen-bond donors (Lipinski definition) is 2. The van der Waals surface area contributed by atoms with Gasteiger partial charge in [0.05, 0.1) is 29.1 Å². The number of aromatic nitrogens is 2. The molecular formula is C25H24ClF7N4O6S. The zero-order chi connectivity index (χ0) is 33.2. The first kappa shape index (κ1) is 34.8. The lowest BCUT2D eigenvalue weighted by molar-refractivity contribution is -0.274. The number of ether oxygens (including phenoxy) is 1. The predicted octanol–water partition coefficient (Wildman–Crippen LogP) is 5.20. The van der Waals surface area contributed by atoms with Gasteiger partial charge in [-0.3, -0.25) is 14.4 Å². The Labute approximate surface area is 250 Å². The van der Waals surface area contributed by atoms with Crippen molar-refractivity contribution in [3.63, 3.8) is 0 Å². The van der Waals surface area contributed by atoms with Gasteiger partial charge >= 0.3 is 18.5 Å². The van der Waals surface area contributed by atoms with Crippen LogP contribution in [0.4, 0.5) is 30.7 Å². The van der Waals surface area contributed by atoms with E-state index in [1.165, 1.54) is 18.2 Å². The fraction of sp³-hybridized carbons (Fsp3) is 0.400. The van der Waals surface area contributed by atoms with E-state index in [2.05, 4.69) is 14.7 Å². The number of carbonyl (C=O) groups excluding carboxylic acids is 1. The maximum absolute atomic E-state index is 14.8. The number of amides is 1. The summed E-state index contributed by atoms with van der Waals surface area (Å²) in [6.07, 6.45) is -7.82. The number of nitrogens with zero attached hydrogens (tertiary/aromatic N) is 3. The summed E-state index contributed by atoms with van der Waals surface area (Å²) < 4.78 is 114. The van der Waals surface area contributed by atoms with E-state index in [1.54, 1.807) is 22.4 Å². The second-order valence-corrected chi connectivity index (χ2v) is 11.9. The lowest BCUT2D eigenvalue weighted by atomic mass is 10.0. The molecule has 1 aliphatic heterocycles. The molecule has 0 bridgehead atoms. The van der Waals surface area contributed by atoms with E-state index in [9.17, 15) is 43.9 Å². The molecule has 0 spiro atoms. The van der Waals surface area contributed by atoms with Crippen LogP contribution in [0.5, 0.6) is 5.75 Å². The summed E-state index contributed by atoms with van der Waals surface area (Å²) in [7, 11) is -3.86. The molecule has 2 heterocycles. The molecule has 1 aromatic heterocycles. The van der Waals surface area contributed by atoms with Gasteiger partial charge in [0.25, 0.3) is 5.91 Å². The van der Waals surface area contributed by atoms with Gasteiger partial charge in [0.2, 0.25) is 10.0 Å². The zero-order valence-corrected chi connectivity index (χ0v) is 24.3. The predicted molar refractivity (Wildman–Crippen MR) is 142 cm³/mol. The van der Waals surface area contributed by atoms with Crippen LogP contribution >= 0.6 is 11.6 Å². The van der Waals surface area contributed by atoms with Gasteiger partial charge in [0, 0.05) is 36.1 Å². The Kier molecular flexibility index (Phi) is 10.4. The fourth-order valence-corrected chi connectivity index (χ4v) is 5.17. The quantitative estimate of drug-likeness (QED) is 0.341. The molecule has 0 atom stereocenters. The van der Waals surface area contributed by atoms with Crippen LogP contribution in [0.3, 0.4) is 0 Å². The topological polar surface area (TPSA) is 131 Å². The molecule has 2 N–H and O–H groups in total. The summed E-state index contributed by atoms with van der Waals surface area (Å²) in [5.74, 6) is -5.07. The molecule has 4 rings (SSSR count). The van der Waals surface area contributed by atoms with E-state index in [0.717, 1.165) is 12.3 Å². The highest BCUT2D eigenvalue weighted by Gasteiger charge is 2.38. The number of carboxylic acid groups (broad SMARTS) is 1.